The molecule has 0 N–H and O–H groups in total. The zero-order chi connectivity index (χ0) is 20.6. The molecule has 0 fully saturated rings. The standard InChI is InChI=1S/C21H18F2N6/c1-4-5-6-15-11-17(8-7-14(15)2)21(22,23)20-26-25-19-10-9-18(27-29(19)20)16-12-24-28(3)13-16/h4-13H,1H2,2-3H3. The van der Waals surface area contributed by atoms with Crippen LogP contribution in [0.15, 0.2) is 61.5 Å². The highest BCUT2D eigenvalue weighted by Gasteiger charge is 2.40. The van der Waals surface area contributed by atoms with Crippen molar-refractivity contribution in [2.24, 2.45) is 7.05 Å². The first-order valence-corrected chi connectivity index (χ1v) is 8.90. The van der Waals surface area contributed by atoms with Crippen LogP contribution in [-0.4, -0.2) is 29.6 Å². The molecule has 3 heterocycles. The van der Waals surface area contributed by atoms with Crippen LogP contribution in [0.25, 0.3) is 23.0 Å². The van der Waals surface area contributed by atoms with Gasteiger partial charge in [0.1, 0.15) is 0 Å². The van der Waals surface area contributed by atoms with Gasteiger partial charge in [0.25, 0.3) is 0 Å². The Morgan fingerprint density at radius 3 is 2.69 bits per heavy atom. The molecule has 0 saturated carbocycles. The Labute approximate surface area is 165 Å². The summed E-state index contributed by atoms with van der Waals surface area (Å²) in [5, 5.41) is 16.0. The Hall–Kier alpha value is -3.68. The predicted molar refractivity (Wildman–Crippen MR) is 106 cm³/mol. The largest absolute Gasteiger partial charge is 0.333 e. The number of alkyl halides is 2. The van der Waals surface area contributed by atoms with Crippen LogP contribution in [0.1, 0.15) is 22.5 Å². The van der Waals surface area contributed by atoms with Gasteiger partial charge < -0.3 is 0 Å². The zero-order valence-corrected chi connectivity index (χ0v) is 15.9. The maximum Gasteiger partial charge on any atom is 0.333 e. The van der Waals surface area contributed by atoms with Crippen molar-refractivity contribution in [2.45, 2.75) is 12.8 Å². The molecule has 0 amide bonds. The van der Waals surface area contributed by atoms with Gasteiger partial charge >= 0.3 is 5.92 Å². The molecule has 4 aromatic rings. The molecule has 0 radical (unpaired) electrons. The van der Waals surface area contributed by atoms with E-state index < -0.39 is 11.7 Å². The third-order valence-corrected chi connectivity index (χ3v) is 4.60. The minimum Gasteiger partial charge on any atom is -0.275 e. The summed E-state index contributed by atoms with van der Waals surface area (Å²) in [6, 6.07) is 7.81. The number of rotatable bonds is 5. The maximum absolute atomic E-state index is 15.4. The minimum absolute atomic E-state index is 0.185. The van der Waals surface area contributed by atoms with Gasteiger partial charge in [-0.2, -0.15) is 23.5 Å². The fraction of sp³-hybridized carbons (Fsp3) is 0.143. The number of aromatic nitrogens is 6. The predicted octanol–water partition coefficient (Wildman–Crippen LogP) is 4.17. The molecule has 0 saturated heterocycles. The van der Waals surface area contributed by atoms with E-state index in [2.05, 4.69) is 27.0 Å². The molecule has 8 heteroatoms. The summed E-state index contributed by atoms with van der Waals surface area (Å²) in [5.74, 6) is -3.93. The van der Waals surface area contributed by atoms with E-state index in [9.17, 15) is 0 Å². The number of hydrogen-bond acceptors (Lipinski definition) is 4. The fourth-order valence-corrected chi connectivity index (χ4v) is 3.01. The third-order valence-electron chi connectivity index (χ3n) is 4.60. The van der Waals surface area contributed by atoms with Crippen molar-refractivity contribution >= 4 is 11.7 Å². The summed E-state index contributed by atoms with van der Waals surface area (Å²) in [6.07, 6.45) is 8.42. The Balaban J connectivity index is 1.82. The molecule has 146 valence electrons. The fourth-order valence-electron chi connectivity index (χ4n) is 3.01. The first-order valence-electron chi connectivity index (χ1n) is 8.90. The summed E-state index contributed by atoms with van der Waals surface area (Å²) < 4.78 is 33.5. The summed E-state index contributed by atoms with van der Waals surface area (Å²) in [7, 11) is 1.77. The highest BCUT2D eigenvalue weighted by atomic mass is 19.3. The number of fused-ring (bicyclic) bond motifs is 1. The van der Waals surface area contributed by atoms with Gasteiger partial charge in [0.05, 0.1) is 11.9 Å². The van der Waals surface area contributed by atoms with Gasteiger partial charge in [0.2, 0.25) is 5.82 Å². The SMILES string of the molecule is C=CC=Cc1cc(C(F)(F)c2nnc3ccc(-c4cnn(C)c4)nn23)ccc1C. The van der Waals surface area contributed by atoms with E-state index in [0.29, 0.717) is 16.8 Å². The lowest BCUT2D eigenvalue weighted by Crippen LogP contribution is -2.20. The molecular formula is C21H18F2N6. The molecule has 0 unspecified atom stereocenters. The van der Waals surface area contributed by atoms with Crippen LogP contribution in [0.5, 0.6) is 0 Å². The van der Waals surface area contributed by atoms with Crippen molar-refractivity contribution < 1.29 is 8.78 Å². The molecule has 0 aliphatic rings. The maximum atomic E-state index is 15.4. The lowest BCUT2D eigenvalue weighted by Gasteiger charge is -2.16. The van der Waals surface area contributed by atoms with Crippen LogP contribution in [0.4, 0.5) is 8.78 Å². The van der Waals surface area contributed by atoms with Crippen molar-refractivity contribution in [3.63, 3.8) is 0 Å². The molecule has 6 nitrogen and oxygen atoms in total. The Morgan fingerprint density at radius 2 is 1.97 bits per heavy atom. The molecule has 0 bridgehead atoms. The van der Waals surface area contributed by atoms with Gasteiger partial charge in [0.15, 0.2) is 5.65 Å². The molecule has 0 aliphatic heterocycles. The van der Waals surface area contributed by atoms with Crippen LogP contribution in [-0.2, 0) is 13.0 Å². The second kappa shape index (κ2) is 7.05. The topological polar surface area (TPSA) is 60.9 Å². The van der Waals surface area contributed by atoms with E-state index in [4.69, 9.17) is 0 Å². The van der Waals surface area contributed by atoms with Crippen LogP contribution in [0, 0.1) is 6.92 Å². The number of halogens is 2. The highest BCUT2D eigenvalue weighted by molar-refractivity contribution is 5.59. The van der Waals surface area contributed by atoms with Crippen molar-refractivity contribution in [3.05, 3.63) is 84.0 Å². The van der Waals surface area contributed by atoms with Crippen molar-refractivity contribution in [1.82, 2.24) is 29.6 Å². The Kier molecular flexibility index (Phi) is 4.54. The van der Waals surface area contributed by atoms with Crippen LogP contribution in [0.3, 0.4) is 0 Å². The Morgan fingerprint density at radius 1 is 1.14 bits per heavy atom. The summed E-state index contributed by atoms with van der Waals surface area (Å²) in [6.45, 7) is 5.48. The minimum atomic E-state index is -3.38. The van der Waals surface area contributed by atoms with Crippen molar-refractivity contribution in [2.75, 3.05) is 0 Å². The Bertz CT molecular complexity index is 1240. The number of hydrogen-bond donors (Lipinski definition) is 0. The lowest BCUT2D eigenvalue weighted by molar-refractivity contribution is 0.0306. The molecule has 0 aliphatic carbocycles. The molecule has 3 aromatic heterocycles. The lowest BCUT2D eigenvalue weighted by atomic mass is 10.0. The van der Waals surface area contributed by atoms with Gasteiger partial charge in [-0.3, -0.25) is 4.68 Å². The van der Waals surface area contributed by atoms with E-state index in [-0.39, 0.29) is 11.2 Å². The van der Waals surface area contributed by atoms with Gasteiger partial charge in [-0.25, -0.2) is 0 Å². The monoisotopic (exact) mass is 392 g/mol. The number of aryl methyl sites for hydroxylation is 2. The third kappa shape index (κ3) is 3.33. The normalized spacial score (nSPS) is 12.1. The van der Waals surface area contributed by atoms with Gasteiger partial charge in [-0.1, -0.05) is 36.9 Å². The summed E-state index contributed by atoms with van der Waals surface area (Å²) in [5.41, 5.74) is 2.83. The van der Waals surface area contributed by atoms with Gasteiger partial charge in [-0.15, -0.1) is 10.2 Å². The molecule has 29 heavy (non-hydrogen) atoms. The number of nitrogens with zero attached hydrogens (tertiary/aromatic N) is 6. The second-order valence-electron chi connectivity index (χ2n) is 6.66. The van der Waals surface area contributed by atoms with E-state index in [0.717, 1.165) is 10.1 Å². The van der Waals surface area contributed by atoms with Gasteiger partial charge in [0, 0.05) is 24.4 Å². The van der Waals surface area contributed by atoms with Crippen LogP contribution >= 0.6 is 0 Å². The van der Waals surface area contributed by atoms with E-state index in [1.807, 2.05) is 6.92 Å². The molecule has 0 atom stereocenters. The molecule has 4 rings (SSSR count). The van der Waals surface area contributed by atoms with E-state index in [1.165, 1.54) is 12.1 Å². The zero-order valence-electron chi connectivity index (χ0n) is 15.9. The molecule has 0 spiro atoms. The average Bonchev–Trinajstić information content (AvgIpc) is 3.33. The van der Waals surface area contributed by atoms with E-state index >= 15 is 8.78 Å². The van der Waals surface area contributed by atoms with Crippen LogP contribution < -0.4 is 0 Å². The number of benzene rings is 1. The van der Waals surface area contributed by atoms with Crippen molar-refractivity contribution in [1.29, 1.82) is 0 Å². The first-order chi connectivity index (χ1) is 13.9. The highest BCUT2D eigenvalue weighted by Crippen LogP contribution is 2.35. The molecular weight excluding hydrogens is 374 g/mol. The smallest absolute Gasteiger partial charge is 0.275 e. The summed E-state index contributed by atoms with van der Waals surface area (Å²) in [4.78, 5) is 0. The second-order valence-corrected chi connectivity index (χ2v) is 6.66. The average molecular weight is 392 g/mol. The number of allylic oxidation sites excluding steroid dienone is 2. The van der Waals surface area contributed by atoms with E-state index in [1.54, 1.807) is 60.6 Å². The quantitative estimate of drug-likeness (QED) is 0.478. The first kappa shape index (κ1) is 18.7. The summed E-state index contributed by atoms with van der Waals surface area (Å²) >= 11 is 0. The van der Waals surface area contributed by atoms with Crippen LogP contribution in [0.2, 0.25) is 0 Å². The van der Waals surface area contributed by atoms with Crippen molar-refractivity contribution in [3.8, 4) is 11.3 Å². The molecule has 1 aromatic carbocycles. The van der Waals surface area contributed by atoms with Gasteiger partial charge in [-0.05, 0) is 36.2 Å².